The zero-order valence-electron chi connectivity index (χ0n) is 9.96. The molecular weight excluding hydrogens is 268 g/mol. The fourth-order valence-corrected chi connectivity index (χ4v) is 1.93. The Kier molecular flexibility index (Phi) is 2.86. The van der Waals surface area contributed by atoms with Gasteiger partial charge in [0.15, 0.2) is 5.69 Å². The molecule has 0 aliphatic rings. The van der Waals surface area contributed by atoms with Gasteiger partial charge in [0.2, 0.25) is 0 Å². The van der Waals surface area contributed by atoms with Gasteiger partial charge in [-0.25, -0.2) is 24.1 Å². The van der Waals surface area contributed by atoms with Gasteiger partial charge in [-0.15, -0.1) is 0 Å². The van der Waals surface area contributed by atoms with Crippen LogP contribution < -0.4 is 0 Å². The Morgan fingerprint density at radius 2 is 1.95 bits per heavy atom. The Balaban J connectivity index is 2.19. The van der Waals surface area contributed by atoms with E-state index in [0.717, 1.165) is 0 Å². The number of imidazole rings is 1. The van der Waals surface area contributed by atoms with Crippen LogP contribution in [0.4, 0.5) is 8.92 Å². The van der Waals surface area contributed by atoms with Crippen LogP contribution in [0.25, 0.3) is 16.9 Å². The first-order chi connectivity index (χ1) is 9.70. The minimum absolute atomic E-state index is 0.184. The molecule has 2 aromatic heterocycles. The lowest BCUT2D eigenvalue weighted by Crippen LogP contribution is -2.05. The van der Waals surface area contributed by atoms with Gasteiger partial charge in [-0.05, 0) is 24.3 Å². The molecule has 0 atom stereocenters. The predicted octanol–water partition coefficient (Wildman–Crippen LogP) is 2.58. The van der Waals surface area contributed by atoms with E-state index in [-0.39, 0.29) is 11.5 Å². The number of hydrogen-bond donors (Lipinski definition) is 0. The summed E-state index contributed by atoms with van der Waals surface area (Å²) < 4.78 is 26.5. The van der Waals surface area contributed by atoms with E-state index in [0.29, 0.717) is 16.9 Å². The second kappa shape index (κ2) is 4.69. The molecule has 100 valence electrons. The second-order valence-electron chi connectivity index (χ2n) is 3.98. The number of carbonyl (C=O) groups excluding carboxylic acids is 1. The topological polar surface area (TPSA) is 56.5 Å². The molecule has 0 bridgehead atoms. The van der Waals surface area contributed by atoms with Gasteiger partial charge in [-0.2, -0.15) is 0 Å². The van der Waals surface area contributed by atoms with Crippen LogP contribution in [0.5, 0.6) is 0 Å². The first-order valence-corrected chi connectivity index (χ1v) is 5.61. The summed E-state index contributed by atoms with van der Waals surface area (Å²) in [7, 11) is 0. The monoisotopic (exact) mass is 275 g/mol. The molecule has 3 aromatic rings. The summed E-state index contributed by atoms with van der Waals surface area (Å²) in [6.45, 7) is 0. The van der Waals surface area contributed by atoms with E-state index >= 15 is 0 Å². The third kappa shape index (κ3) is 1.89. The van der Waals surface area contributed by atoms with E-state index in [1.54, 1.807) is 22.7 Å². The molecule has 2 heterocycles. The molecular formula is C13H7F2N3O2. The lowest BCUT2D eigenvalue weighted by Gasteiger charge is -2.02. The summed E-state index contributed by atoms with van der Waals surface area (Å²) in [5, 5.41) is 0. The van der Waals surface area contributed by atoms with Gasteiger partial charge in [-0.3, -0.25) is 4.40 Å². The molecule has 0 radical (unpaired) electrons. The molecule has 0 amide bonds. The summed E-state index contributed by atoms with van der Waals surface area (Å²) in [6, 6.07) is 5.71. The zero-order chi connectivity index (χ0) is 14.1. The van der Waals surface area contributed by atoms with Gasteiger partial charge in [0.05, 0.1) is 11.7 Å². The summed E-state index contributed by atoms with van der Waals surface area (Å²) in [5.74, 6) is -1.07. The van der Waals surface area contributed by atoms with Crippen molar-refractivity contribution in [3.63, 3.8) is 0 Å². The summed E-state index contributed by atoms with van der Waals surface area (Å²) >= 11 is 0. The highest BCUT2D eigenvalue weighted by Crippen LogP contribution is 2.21. The Hall–Kier alpha value is -2.83. The summed E-state index contributed by atoms with van der Waals surface area (Å²) in [5.41, 5.74) is 0.766. The number of benzene rings is 1. The van der Waals surface area contributed by atoms with Crippen molar-refractivity contribution < 1.29 is 18.7 Å². The minimum atomic E-state index is -1.19. The van der Waals surface area contributed by atoms with E-state index in [9.17, 15) is 13.7 Å². The molecule has 0 saturated carbocycles. The lowest BCUT2D eigenvalue weighted by atomic mass is 10.2. The third-order valence-corrected chi connectivity index (χ3v) is 2.82. The number of aromatic nitrogens is 3. The van der Waals surface area contributed by atoms with Crippen LogP contribution in [-0.4, -0.2) is 20.3 Å². The van der Waals surface area contributed by atoms with Crippen molar-refractivity contribution in [3.05, 3.63) is 54.4 Å². The molecule has 0 N–H and O–H groups in total. The minimum Gasteiger partial charge on any atom is -0.296 e. The van der Waals surface area contributed by atoms with Crippen LogP contribution in [0.1, 0.15) is 10.5 Å². The van der Waals surface area contributed by atoms with Crippen molar-refractivity contribution in [1.82, 2.24) is 14.4 Å². The zero-order valence-corrected chi connectivity index (χ0v) is 9.96. The van der Waals surface area contributed by atoms with Crippen LogP contribution in [0.3, 0.4) is 0 Å². The average Bonchev–Trinajstić information content (AvgIpc) is 2.91. The van der Waals surface area contributed by atoms with Crippen molar-refractivity contribution in [3.8, 4) is 11.4 Å². The molecule has 0 unspecified atom stereocenters. The molecule has 0 aliphatic carbocycles. The normalized spacial score (nSPS) is 10.7. The number of carbonyl (C=O) groups is 1. The van der Waals surface area contributed by atoms with E-state index < -0.39 is 5.97 Å². The molecule has 0 saturated heterocycles. The van der Waals surface area contributed by atoms with Crippen molar-refractivity contribution in [1.29, 1.82) is 0 Å². The number of halogens is 2. The quantitative estimate of drug-likeness (QED) is 0.721. The highest BCUT2D eigenvalue weighted by molar-refractivity contribution is 5.94. The van der Waals surface area contributed by atoms with E-state index in [4.69, 9.17) is 0 Å². The highest BCUT2D eigenvalue weighted by atomic mass is 19.3. The predicted molar refractivity (Wildman–Crippen MR) is 64.9 cm³/mol. The van der Waals surface area contributed by atoms with Gasteiger partial charge in [0.1, 0.15) is 11.6 Å². The van der Waals surface area contributed by atoms with Crippen molar-refractivity contribution in [2.45, 2.75) is 0 Å². The van der Waals surface area contributed by atoms with Gasteiger partial charge in [0.25, 0.3) is 0 Å². The van der Waals surface area contributed by atoms with E-state index in [1.807, 2.05) is 0 Å². The SMILES string of the molecule is O=C(OF)c1nccn2c(-c3ccc(F)cc3)ncc12. The van der Waals surface area contributed by atoms with E-state index in [2.05, 4.69) is 14.9 Å². The Morgan fingerprint density at radius 1 is 1.20 bits per heavy atom. The standard InChI is InChI=1S/C13H7F2N3O2/c14-9-3-1-8(2-4-9)12-17-7-10-11(13(19)20-15)16-5-6-18(10)12/h1-7H. The molecule has 3 rings (SSSR count). The Bertz CT molecular complexity index is 784. The van der Waals surface area contributed by atoms with Crippen LogP contribution in [0.15, 0.2) is 42.9 Å². The third-order valence-electron chi connectivity index (χ3n) is 2.82. The van der Waals surface area contributed by atoms with Crippen LogP contribution in [0, 0.1) is 5.82 Å². The van der Waals surface area contributed by atoms with Crippen LogP contribution in [-0.2, 0) is 4.94 Å². The number of hydrogen-bond acceptors (Lipinski definition) is 4. The molecule has 5 nitrogen and oxygen atoms in total. The lowest BCUT2D eigenvalue weighted by molar-refractivity contribution is -0.0791. The number of fused-ring (bicyclic) bond motifs is 1. The van der Waals surface area contributed by atoms with Gasteiger partial charge < -0.3 is 0 Å². The summed E-state index contributed by atoms with van der Waals surface area (Å²) in [4.78, 5) is 22.4. The Morgan fingerprint density at radius 3 is 2.65 bits per heavy atom. The molecule has 0 aliphatic heterocycles. The maximum atomic E-state index is 12.9. The van der Waals surface area contributed by atoms with Crippen LogP contribution >= 0.6 is 0 Å². The number of nitrogens with zero attached hydrogens (tertiary/aromatic N) is 3. The largest absolute Gasteiger partial charge is 0.399 e. The van der Waals surface area contributed by atoms with Crippen molar-refractivity contribution in [2.75, 3.05) is 0 Å². The average molecular weight is 275 g/mol. The Labute approximate surface area is 111 Å². The first kappa shape index (κ1) is 12.2. The molecule has 1 aromatic carbocycles. The highest BCUT2D eigenvalue weighted by Gasteiger charge is 2.17. The van der Waals surface area contributed by atoms with Gasteiger partial charge in [-0.1, -0.05) is 0 Å². The maximum Gasteiger partial charge on any atom is 0.399 e. The fourth-order valence-electron chi connectivity index (χ4n) is 1.93. The van der Waals surface area contributed by atoms with Crippen molar-refractivity contribution in [2.24, 2.45) is 0 Å². The maximum absolute atomic E-state index is 12.9. The van der Waals surface area contributed by atoms with Crippen molar-refractivity contribution >= 4 is 11.5 Å². The molecule has 7 heteroatoms. The molecule has 0 fully saturated rings. The van der Waals surface area contributed by atoms with Gasteiger partial charge in [0, 0.05) is 22.5 Å². The van der Waals surface area contributed by atoms with E-state index in [1.165, 1.54) is 24.5 Å². The number of rotatable bonds is 2. The first-order valence-electron chi connectivity index (χ1n) is 5.61. The van der Waals surface area contributed by atoms with Gasteiger partial charge >= 0.3 is 5.97 Å². The smallest absolute Gasteiger partial charge is 0.296 e. The molecule has 20 heavy (non-hydrogen) atoms. The fraction of sp³-hybridized carbons (Fsp3) is 0. The second-order valence-corrected chi connectivity index (χ2v) is 3.98. The van der Waals surface area contributed by atoms with Crippen LogP contribution in [0.2, 0.25) is 0 Å². The molecule has 0 spiro atoms. The summed E-state index contributed by atoms with van der Waals surface area (Å²) in [6.07, 6.45) is 4.27.